The molecule has 1 saturated carbocycles. The number of hydrogen-bond acceptors (Lipinski definition) is 3. The molecular weight excluding hydrogens is 256 g/mol. The minimum Gasteiger partial charge on any atom is -0.352 e. The molecule has 1 aromatic rings. The van der Waals surface area contributed by atoms with E-state index in [0.717, 1.165) is 31.2 Å². The summed E-state index contributed by atoms with van der Waals surface area (Å²) in [5, 5.41) is 3.05. The van der Waals surface area contributed by atoms with Gasteiger partial charge in [-0.25, -0.2) is 0 Å². The second-order valence-electron chi connectivity index (χ2n) is 5.53. The molecule has 104 valence electrons. The molecule has 0 aliphatic heterocycles. The van der Waals surface area contributed by atoms with Crippen molar-refractivity contribution in [2.24, 2.45) is 5.92 Å². The van der Waals surface area contributed by atoms with Gasteiger partial charge in [0.1, 0.15) is 0 Å². The van der Waals surface area contributed by atoms with E-state index in [1.165, 1.54) is 0 Å². The van der Waals surface area contributed by atoms with Gasteiger partial charge in [0.05, 0.1) is 5.92 Å². The molecule has 0 spiro atoms. The molecule has 4 heteroatoms. The Kier molecular flexibility index (Phi) is 4.88. The van der Waals surface area contributed by atoms with Gasteiger partial charge >= 0.3 is 0 Å². The standard InChI is InChI=1S/C15H22N2OS/c1-15(17-19)10-6-5-9-13(15)14(18)16-11-12-7-3-2-4-8-12/h2-4,7-8,13,17,19H,5-6,9-11H2,1H3,(H,16,18). The third-order valence-corrected chi connectivity index (χ3v) is 4.60. The first-order valence-electron chi connectivity index (χ1n) is 6.88. The number of benzene rings is 1. The predicted molar refractivity (Wildman–Crippen MR) is 80.8 cm³/mol. The summed E-state index contributed by atoms with van der Waals surface area (Å²) in [4.78, 5) is 12.4. The van der Waals surface area contributed by atoms with Gasteiger partial charge in [-0.3, -0.25) is 9.52 Å². The van der Waals surface area contributed by atoms with Crippen molar-refractivity contribution in [3.05, 3.63) is 35.9 Å². The average Bonchev–Trinajstić information content (AvgIpc) is 2.46. The van der Waals surface area contributed by atoms with Crippen LogP contribution in [0.25, 0.3) is 0 Å². The van der Waals surface area contributed by atoms with Crippen molar-refractivity contribution in [1.82, 2.24) is 10.0 Å². The van der Waals surface area contributed by atoms with Crippen LogP contribution < -0.4 is 10.0 Å². The number of thiol groups is 1. The lowest BCUT2D eigenvalue weighted by Crippen LogP contribution is -2.52. The van der Waals surface area contributed by atoms with Gasteiger partial charge < -0.3 is 5.32 Å². The first-order valence-corrected chi connectivity index (χ1v) is 7.33. The average molecular weight is 278 g/mol. The Labute approximate surface area is 120 Å². The van der Waals surface area contributed by atoms with Crippen molar-refractivity contribution in [2.75, 3.05) is 0 Å². The van der Waals surface area contributed by atoms with E-state index < -0.39 is 0 Å². The number of nitrogens with one attached hydrogen (secondary N) is 2. The highest BCUT2D eigenvalue weighted by Gasteiger charge is 2.39. The van der Waals surface area contributed by atoms with Gasteiger partial charge in [-0.2, -0.15) is 0 Å². The summed E-state index contributed by atoms with van der Waals surface area (Å²) in [6.45, 7) is 2.69. The molecule has 0 aromatic heterocycles. The predicted octanol–water partition coefficient (Wildman–Crippen LogP) is 2.69. The van der Waals surface area contributed by atoms with Gasteiger partial charge in [0.2, 0.25) is 5.91 Å². The van der Waals surface area contributed by atoms with Gasteiger partial charge in [-0.1, -0.05) is 56.0 Å². The zero-order chi connectivity index (χ0) is 13.7. The van der Waals surface area contributed by atoms with E-state index in [9.17, 15) is 4.79 Å². The monoisotopic (exact) mass is 278 g/mol. The fraction of sp³-hybridized carbons (Fsp3) is 0.533. The second kappa shape index (κ2) is 6.44. The molecule has 3 nitrogen and oxygen atoms in total. The second-order valence-corrected chi connectivity index (χ2v) is 5.75. The van der Waals surface area contributed by atoms with Crippen LogP contribution in [0, 0.1) is 5.92 Å². The molecule has 2 N–H and O–H groups in total. The zero-order valence-electron chi connectivity index (χ0n) is 11.4. The van der Waals surface area contributed by atoms with Gasteiger partial charge in [0.15, 0.2) is 0 Å². The van der Waals surface area contributed by atoms with E-state index in [4.69, 9.17) is 0 Å². The Morgan fingerprint density at radius 1 is 1.37 bits per heavy atom. The van der Waals surface area contributed by atoms with Gasteiger partial charge in [-0.15, -0.1) is 0 Å². The molecule has 19 heavy (non-hydrogen) atoms. The molecule has 1 aliphatic carbocycles. The van der Waals surface area contributed by atoms with Crippen LogP contribution in [-0.4, -0.2) is 11.4 Å². The maximum atomic E-state index is 12.4. The largest absolute Gasteiger partial charge is 0.352 e. The third kappa shape index (κ3) is 3.51. The maximum Gasteiger partial charge on any atom is 0.225 e. The highest BCUT2D eigenvalue weighted by Crippen LogP contribution is 2.34. The topological polar surface area (TPSA) is 41.1 Å². The molecular formula is C15H22N2OS. The number of amides is 1. The van der Waals surface area contributed by atoms with E-state index in [-0.39, 0.29) is 17.4 Å². The van der Waals surface area contributed by atoms with E-state index >= 15 is 0 Å². The van der Waals surface area contributed by atoms with Gasteiger partial charge in [0.25, 0.3) is 0 Å². The number of hydrogen-bond donors (Lipinski definition) is 3. The van der Waals surface area contributed by atoms with Gasteiger partial charge in [-0.05, 0) is 25.3 Å². The number of carbonyl (C=O) groups is 1. The first-order chi connectivity index (χ1) is 9.15. The van der Waals surface area contributed by atoms with E-state index in [1.54, 1.807) is 0 Å². The van der Waals surface area contributed by atoms with Crippen LogP contribution in [0.4, 0.5) is 0 Å². The van der Waals surface area contributed by atoms with Crippen LogP contribution in [0.5, 0.6) is 0 Å². The fourth-order valence-electron chi connectivity index (χ4n) is 2.80. The van der Waals surface area contributed by atoms with Crippen molar-refractivity contribution < 1.29 is 4.79 Å². The summed E-state index contributed by atoms with van der Waals surface area (Å²) in [7, 11) is 0. The molecule has 0 saturated heterocycles. The summed E-state index contributed by atoms with van der Waals surface area (Å²) >= 11 is 4.21. The lowest BCUT2D eigenvalue weighted by Gasteiger charge is -2.39. The van der Waals surface area contributed by atoms with Gasteiger partial charge in [0, 0.05) is 12.1 Å². The molecule has 1 aliphatic rings. The van der Waals surface area contributed by atoms with Crippen LogP contribution in [0.1, 0.15) is 38.2 Å². The Balaban J connectivity index is 1.95. The lowest BCUT2D eigenvalue weighted by molar-refractivity contribution is -0.128. The first kappa shape index (κ1) is 14.4. The van der Waals surface area contributed by atoms with Crippen molar-refractivity contribution in [3.8, 4) is 0 Å². The Morgan fingerprint density at radius 3 is 2.79 bits per heavy atom. The fourth-order valence-corrected chi connectivity index (χ4v) is 3.06. The molecule has 2 atom stereocenters. The minimum absolute atomic E-state index is 0.00228. The summed E-state index contributed by atoms with van der Waals surface area (Å²) in [5.74, 6) is 0.134. The normalized spacial score (nSPS) is 26.9. The minimum atomic E-state index is -0.192. The Bertz CT molecular complexity index is 423. The SMILES string of the molecule is CC1(NS)CCCCC1C(=O)NCc1ccccc1. The van der Waals surface area contributed by atoms with Crippen LogP contribution >= 0.6 is 12.8 Å². The molecule has 0 bridgehead atoms. The lowest BCUT2D eigenvalue weighted by atomic mass is 9.74. The summed E-state index contributed by atoms with van der Waals surface area (Å²) in [6, 6.07) is 10.0. The quantitative estimate of drug-likeness (QED) is 0.741. The number of carbonyl (C=O) groups excluding carboxylic acids is 1. The summed E-state index contributed by atoms with van der Waals surface area (Å²) < 4.78 is 3.04. The molecule has 1 fully saturated rings. The third-order valence-electron chi connectivity index (χ3n) is 4.09. The van der Waals surface area contributed by atoms with Crippen molar-refractivity contribution in [2.45, 2.75) is 44.7 Å². The summed E-state index contributed by atoms with van der Waals surface area (Å²) in [6.07, 6.45) is 4.21. The molecule has 1 amide bonds. The van der Waals surface area contributed by atoms with Crippen LogP contribution in [0.15, 0.2) is 30.3 Å². The van der Waals surface area contributed by atoms with E-state index in [0.29, 0.717) is 6.54 Å². The van der Waals surface area contributed by atoms with E-state index in [1.807, 2.05) is 30.3 Å². The molecule has 2 unspecified atom stereocenters. The Hall–Kier alpha value is -1.00. The zero-order valence-corrected chi connectivity index (χ0v) is 12.2. The highest BCUT2D eigenvalue weighted by atomic mass is 32.1. The smallest absolute Gasteiger partial charge is 0.225 e. The van der Waals surface area contributed by atoms with E-state index in [2.05, 4.69) is 29.8 Å². The highest BCUT2D eigenvalue weighted by molar-refractivity contribution is 7.78. The molecule has 0 radical (unpaired) electrons. The van der Waals surface area contributed by atoms with Crippen molar-refractivity contribution in [3.63, 3.8) is 0 Å². The van der Waals surface area contributed by atoms with Crippen LogP contribution in [0.3, 0.4) is 0 Å². The molecule has 1 aromatic carbocycles. The number of rotatable bonds is 4. The summed E-state index contributed by atoms with van der Waals surface area (Å²) in [5.41, 5.74) is 0.939. The molecule has 0 heterocycles. The van der Waals surface area contributed by atoms with Crippen LogP contribution in [0.2, 0.25) is 0 Å². The Morgan fingerprint density at radius 2 is 2.11 bits per heavy atom. The maximum absolute atomic E-state index is 12.4. The van der Waals surface area contributed by atoms with Crippen molar-refractivity contribution in [1.29, 1.82) is 0 Å². The molecule has 2 rings (SSSR count). The van der Waals surface area contributed by atoms with Crippen LogP contribution in [-0.2, 0) is 11.3 Å². The van der Waals surface area contributed by atoms with Crippen molar-refractivity contribution >= 4 is 18.7 Å².